The predicted octanol–water partition coefficient (Wildman–Crippen LogP) is 3.78. The number of furan rings is 1. The number of benzene rings is 1. The fraction of sp³-hybridized carbons (Fsp3) is 0.400. The van der Waals surface area contributed by atoms with Crippen molar-refractivity contribution in [3.8, 4) is 0 Å². The average Bonchev–Trinajstić information content (AvgIpc) is 3.39. The van der Waals surface area contributed by atoms with Crippen LogP contribution in [-0.2, 0) is 13.1 Å². The highest BCUT2D eigenvalue weighted by Crippen LogP contribution is 2.29. The second kappa shape index (κ2) is 9.69. The van der Waals surface area contributed by atoms with Crippen LogP contribution < -0.4 is 16.0 Å². The van der Waals surface area contributed by atoms with Crippen molar-refractivity contribution in [2.24, 2.45) is 0 Å². The van der Waals surface area contributed by atoms with Crippen LogP contribution in [0.3, 0.4) is 0 Å². The number of rotatable bonds is 7. The topological polar surface area (TPSA) is 120 Å². The average molecular weight is 450 g/mol. The highest BCUT2D eigenvalue weighted by molar-refractivity contribution is 5.85. The Hall–Kier alpha value is -3.27. The first-order chi connectivity index (χ1) is 14.5. The molecule has 1 aromatic carbocycles. The maximum absolute atomic E-state index is 11.7. The third kappa shape index (κ3) is 5.08. The van der Waals surface area contributed by atoms with E-state index >= 15 is 0 Å². The van der Waals surface area contributed by atoms with Crippen molar-refractivity contribution < 1.29 is 13.8 Å². The molecule has 1 N–H and O–H groups in total. The lowest BCUT2D eigenvalue weighted by atomic mass is 9.96. The van der Waals surface area contributed by atoms with Crippen molar-refractivity contribution in [3.63, 3.8) is 0 Å². The molecule has 0 bridgehead atoms. The Balaban J connectivity index is 0.00000272. The molecular formula is C20H24ClN5O5. The summed E-state index contributed by atoms with van der Waals surface area (Å²) in [6.45, 7) is 4.46. The fourth-order valence-electron chi connectivity index (χ4n) is 3.61. The molecule has 1 fully saturated rings. The van der Waals surface area contributed by atoms with Gasteiger partial charge in [0.25, 0.3) is 0 Å². The van der Waals surface area contributed by atoms with E-state index in [-0.39, 0.29) is 30.0 Å². The Kier molecular flexibility index (Phi) is 7.01. The van der Waals surface area contributed by atoms with Gasteiger partial charge in [-0.1, -0.05) is 0 Å². The lowest BCUT2D eigenvalue weighted by Gasteiger charge is -2.32. The lowest BCUT2D eigenvalue weighted by molar-refractivity contribution is -0.402. The Morgan fingerprint density at radius 2 is 1.87 bits per heavy atom. The molecule has 4 rings (SSSR count). The summed E-state index contributed by atoms with van der Waals surface area (Å²) in [7, 11) is 0. The molecule has 1 saturated heterocycles. The van der Waals surface area contributed by atoms with Crippen LogP contribution in [0.5, 0.6) is 0 Å². The van der Waals surface area contributed by atoms with Crippen molar-refractivity contribution in [1.82, 2.24) is 9.78 Å². The Bertz CT molecular complexity index is 1070. The minimum Gasteiger partial charge on any atom is -0.404 e. The molecule has 0 saturated carbocycles. The molecule has 0 amide bonds. The van der Waals surface area contributed by atoms with E-state index in [1.54, 1.807) is 6.07 Å². The first-order valence-electron chi connectivity index (χ1n) is 9.93. The molecule has 166 valence electrons. The Morgan fingerprint density at radius 1 is 1.16 bits per heavy atom. The minimum absolute atomic E-state index is 0. The van der Waals surface area contributed by atoms with Gasteiger partial charge >= 0.3 is 11.6 Å². The van der Waals surface area contributed by atoms with E-state index in [0.29, 0.717) is 24.7 Å². The van der Waals surface area contributed by atoms with Crippen LogP contribution in [0.2, 0.25) is 0 Å². The first kappa shape index (κ1) is 22.4. The summed E-state index contributed by atoms with van der Waals surface area (Å²) in [4.78, 5) is 24.1. The maximum Gasteiger partial charge on any atom is 0.437 e. The summed E-state index contributed by atoms with van der Waals surface area (Å²) in [6, 6.07) is 11.0. The summed E-state index contributed by atoms with van der Waals surface area (Å²) in [5.41, 5.74) is 2.02. The van der Waals surface area contributed by atoms with Crippen molar-refractivity contribution in [1.29, 1.82) is 0 Å². The molecule has 1 aliphatic heterocycles. The minimum atomic E-state index is -0.551. The highest BCUT2D eigenvalue weighted by atomic mass is 35.5. The number of nitro groups is 1. The molecular weight excluding hydrogens is 426 g/mol. The molecule has 3 aromatic rings. The SMILES string of the molecule is CCn1nc(C2CCN(c3ccc(NCc4ccc([N+](=O)[O-])o4)cc3)CC2)oc1=O.Cl. The molecule has 0 unspecified atom stereocenters. The zero-order valence-corrected chi connectivity index (χ0v) is 17.8. The molecule has 1 aliphatic rings. The van der Waals surface area contributed by atoms with Gasteiger partial charge < -0.3 is 19.1 Å². The van der Waals surface area contributed by atoms with Gasteiger partial charge in [-0.05, 0) is 50.1 Å². The molecule has 0 spiro atoms. The molecule has 0 atom stereocenters. The van der Waals surface area contributed by atoms with E-state index in [1.165, 1.54) is 10.7 Å². The zero-order chi connectivity index (χ0) is 21.1. The normalized spacial score (nSPS) is 14.3. The summed E-state index contributed by atoms with van der Waals surface area (Å²) < 4.78 is 11.8. The van der Waals surface area contributed by atoms with Crippen molar-refractivity contribution >= 4 is 29.7 Å². The molecule has 10 nitrogen and oxygen atoms in total. The fourth-order valence-corrected chi connectivity index (χ4v) is 3.61. The summed E-state index contributed by atoms with van der Waals surface area (Å²) >= 11 is 0. The molecule has 3 heterocycles. The van der Waals surface area contributed by atoms with Gasteiger partial charge in [-0.15, -0.1) is 17.5 Å². The van der Waals surface area contributed by atoms with E-state index in [9.17, 15) is 14.9 Å². The summed E-state index contributed by atoms with van der Waals surface area (Å²) in [6.07, 6.45) is 1.75. The third-order valence-electron chi connectivity index (χ3n) is 5.29. The number of aryl methyl sites for hydroxylation is 1. The smallest absolute Gasteiger partial charge is 0.404 e. The van der Waals surface area contributed by atoms with E-state index in [0.717, 1.165) is 37.3 Å². The summed E-state index contributed by atoms with van der Waals surface area (Å²) in [5.74, 6) is 0.567. The maximum atomic E-state index is 11.7. The van der Waals surface area contributed by atoms with Crippen molar-refractivity contribution in [2.45, 2.75) is 38.8 Å². The molecule has 2 aromatic heterocycles. The molecule has 11 heteroatoms. The van der Waals surface area contributed by atoms with Crippen molar-refractivity contribution in [2.75, 3.05) is 23.3 Å². The van der Waals surface area contributed by atoms with Gasteiger partial charge in [0.1, 0.15) is 10.7 Å². The zero-order valence-electron chi connectivity index (χ0n) is 17.0. The second-order valence-corrected chi connectivity index (χ2v) is 7.18. The largest absolute Gasteiger partial charge is 0.437 e. The number of hydrogen-bond donors (Lipinski definition) is 1. The van der Waals surface area contributed by atoms with Gasteiger partial charge in [0.15, 0.2) is 0 Å². The molecule has 31 heavy (non-hydrogen) atoms. The first-order valence-corrected chi connectivity index (χ1v) is 9.93. The Labute approximate surface area is 184 Å². The molecule has 0 radical (unpaired) electrons. The number of nitrogens with zero attached hydrogens (tertiary/aromatic N) is 4. The summed E-state index contributed by atoms with van der Waals surface area (Å²) in [5, 5.41) is 18.2. The third-order valence-corrected chi connectivity index (χ3v) is 5.29. The van der Waals surface area contributed by atoms with Gasteiger partial charge in [0.05, 0.1) is 12.6 Å². The van der Waals surface area contributed by atoms with Crippen LogP contribution in [0.4, 0.5) is 17.3 Å². The number of aromatic nitrogens is 2. The van der Waals surface area contributed by atoms with E-state index < -0.39 is 4.92 Å². The van der Waals surface area contributed by atoms with Crippen LogP contribution in [0.25, 0.3) is 0 Å². The van der Waals surface area contributed by atoms with Gasteiger partial charge in [0, 0.05) is 36.9 Å². The number of piperidine rings is 1. The van der Waals surface area contributed by atoms with E-state index in [2.05, 4.69) is 15.3 Å². The lowest BCUT2D eigenvalue weighted by Crippen LogP contribution is -2.33. The van der Waals surface area contributed by atoms with E-state index in [1.807, 2.05) is 31.2 Å². The molecule has 0 aliphatic carbocycles. The van der Waals surface area contributed by atoms with Crippen LogP contribution in [0, 0.1) is 10.1 Å². The number of anilines is 2. The van der Waals surface area contributed by atoms with Crippen LogP contribution in [-0.4, -0.2) is 27.8 Å². The second-order valence-electron chi connectivity index (χ2n) is 7.18. The van der Waals surface area contributed by atoms with Gasteiger partial charge in [0.2, 0.25) is 5.89 Å². The quantitative estimate of drug-likeness (QED) is 0.427. The van der Waals surface area contributed by atoms with Gasteiger partial charge in [-0.2, -0.15) is 4.68 Å². The predicted molar refractivity (Wildman–Crippen MR) is 117 cm³/mol. The van der Waals surface area contributed by atoms with Gasteiger partial charge in [-0.25, -0.2) is 4.79 Å². The van der Waals surface area contributed by atoms with Gasteiger partial charge in [-0.3, -0.25) is 10.1 Å². The van der Waals surface area contributed by atoms with Crippen LogP contribution >= 0.6 is 12.4 Å². The monoisotopic (exact) mass is 449 g/mol. The van der Waals surface area contributed by atoms with Crippen LogP contribution in [0.1, 0.15) is 37.3 Å². The number of halogens is 1. The Morgan fingerprint density at radius 3 is 2.45 bits per heavy atom. The number of hydrogen-bond acceptors (Lipinski definition) is 8. The van der Waals surface area contributed by atoms with Crippen molar-refractivity contribution in [3.05, 3.63) is 68.7 Å². The highest BCUT2D eigenvalue weighted by Gasteiger charge is 2.25. The number of nitrogens with one attached hydrogen (secondary N) is 1. The standard InChI is InChI=1S/C20H23N5O5.ClH/c1-2-24-20(26)30-19(22-24)14-9-11-23(12-10-14)16-5-3-15(4-6-16)21-13-17-7-8-18(29-17)25(27)28;/h3-8,14,21H,2,9-13H2,1H3;1H. The van der Waals surface area contributed by atoms with E-state index in [4.69, 9.17) is 8.83 Å². The van der Waals surface area contributed by atoms with Crippen LogP contribution in [0.15, 0.2) is 50.0 Å².